The molecule has 0 amide bonds. The van der Waals surface area contributed by atoms with Crippen molar-refractivity contribution in [3.05, 3.63) is 127 Å². The van der Waals surface area contributed by atoms with E-state index in [1.165, 1.54) is 54.7 Å². The maximum Gasteiger partial charge on any atom is 0.397 e. The number of hydrogen-bond acceptors (Lipinski definition) is 1. The fourth-order valence-corrected chi connectivity index (χ4v) is 10.4. The van der Waals surface area contributed by atoms with Gasteiger partial charge < -0.3 is 4.74 Å². The molecule has 2 atom stereocenters. The van der Waals surface area contributed by atoms with Crippen LogP contribution >= 0.6 is 7.92 Å². The van der Waals surface area contributed by atoms with Crippen LogP contribution in [0.5, 0.6) is 11.5 Å². The molecule has 0 saturated carbocycles. The third-order valence-electron chi connectivity index (χ3n) is 9.08. The largest absolute Gasteiger partial charge is 0.456 e. The molecule has 0 fully saturated rings. The molecule has 4 aliphatic heterocycles. The van der Waals surface area contributed by atoms with Gasteiger partial charge in [-0.3, -0.25) is 0 Å². The van der Waals surface area contributed by atoms with Crippen LogP contribution < -0.4 is 29.9 Å². The zero-order valence-electron chi connectivity index (χ0n) is 20.6. The minimum absolute atomic E-state index is 0.590. The van der Waals surface area contributed by atoms with Crippen LogP contribution in [0.1, 0.15) is 11.1 Å². The van der Waals surface area contributed by atoms with Crippen LogP contribution in [0, 0.1) is 0 Å². The number of pyridine rings is 1. The van der Waals surface area contributed by atoms with Crippen molar-refractivity contribution in [3.63, 3.8) is 0 Å². The van der Waals surface area contributed by atoms with E-state index in [-0.39, 0.29) is 0 Å². The highest BCUT2D eigenvalue weighted by atomic mass is 31.1. The van der Waals surface area contributed by atoms with Crippen molar-refractivity contribution in [3.8, 4) is 23.0 Å². The van der Waals surface area contributed by atoms with Crippen LogP contribution in [0.25, 0.3) is 33.3 Å². The molecule has 1 spiro atoms. The molecule has 4 aromatic carbocycles. The van der Waals surface area contributed by atoms with E-state index < -0.39 is 13.6 Å². The van der Waals surface area contributed by atoms with E-state index in [9.17, 15) is 0 Å². The minimum atomic E-state index is -0.748. The van der Waals surface area contributed by atoms with E-state index in [0.717, 1.165) is 17.2 Å². The number of nitrogens with zero attached hydrogens (tertiary/aromatic N) is 4. The van der Waals surface area contributed by atoms with Crippen LogP contribution in [0.4, 0.5) is 0 Å². The average Bonchev–Trinajstić information content (AvgIpc) is 3.67. The van der Waals surface area contributed by atoms with Gasteiger partial charge in [0.1, 0.15) is 28.3 Å². The Morgan fingerprint density at radius 3 is 2.46 bits per heavy atom. The normalized spacial score (nSPS) is 19.8. The molecule has 0 bridgehead atoms. The summed E-state index contributed by atoms with van der Waals surface area (Å²) < 4.78 is 16.5. The molecule has 7 heterocycles. The van der Waals surface area contributed by atoms with Crippen molar-refractivity contribution < 1.29 is 14.0 Å². The third-order valence-corrected chi connectivity index (χ3v) is 11.6. The van der Waals surface area contributed by atoms with E-state index in [0.29, 0.717) is 0 Å². The van der Waals surface area contributed by atoms with Crippen molar-refractivity contribution >= 4 is 45.6 Å². The number of hydrogen-bond donors (Lipinski definition) is 0. The molecule has 4 aliphatic rings. The molecule has 0 saturated heterocycles. The van der Waals surface area contributed by atoms with Gasteiger partial charge in [-0.05, 0) is 53.8 Å². The van der Waals surface area contributed by atoms with E-state index >= 15 is 0 Å². The number of ether oxygens (including phenoxy) is 1. The smallest absolute Gasteiger partial charge is 0.397 e. The maximum atomic E-state index is 6.73. The Kier molecular flexibility index (Phi) is 3.03. The Morgan fingerprint density at radius 1 is 0.667 bits per heavy atom. The first kappa shape index (κ1) is 19.4. The Bertz CT molecular complexity index is 2280. The van der Waals surface area contributed by atoms with E-state index in [1.54, 1.807) is 0 Å². The Labute approximate surface area is 224 Å². The van der Waals surface area contributed by atoms with Gasteiger partial charge in [0.15, 0.2) is 11.1 Å². The molecular formula is C33H19N4OP+2. The van der Waals surface area contributed by atoms with Gasteiger partial charge in [-0.2, -0.15) is 9.13 Å². The van der Waals surface area contributed by atoms with E-state index in [4.69, 9.17) is 4.74 Å². The number of fused-ring (bicyclic) bond motifs is 3. The van der Waals surface area contributed by atoms with Crippen LogP contribution in [0.3, 0.4) is 0 Å². The van der Waals surface area contributed by atoms with Gasteiger partial charge in [-0.1, -0.05) is 47.1 Å². The van der Waals surface area contributed by atoms with Crippen LogP contribution in [-0.4, -0.2) is 9.25 Å². The first-order valence-electron chi connectivity index (χ1n) is 13.3. The summed E-state index contributed by atoms with van der Waals surface area (Å²) in [5.74, 6) is 3.11. The van der Waals surface area contributed by atoms with Gasteiger partial charge in [0.25, 0.3) is 0 Å². The van der Waals surface area contributed by atoms with Crippen LogP contribution in [-0.2, 0) is 5.66 Å². The van der Waals surface area contributed by atoms with Crippen molar-refractivity contribution in [1.29, 1.82) is 0 Å². The monoisotopic (exact) mass is 518 g/mol. The minimum Gasteiger partial charge on any atom is -0.456 e. The van der Waals surface area contributed by atoms with Gasteiger partial charge >= 0.3 is 11.5 Å². The van der Waals surface area contributed by atoms with Gasteiger partial charge in [0.05, 0.1) is 17.7 Å². The molecule has 6 heteroatoms. The van der Waals surface area contributed by atoms with Gasteiger partial charge in [0, 0.05) is 30.1 Å². The predicted molar refractivity (Wildman–Crippen MR) is 151 cm³/mol. The van der Waals surface area contributed by atoms with Gasteiger partial charge in [-0.15, -0.1) is 4.68 Å². The van der Waals surface area contributed by atoms with Gasteiger partial charge in [0.2, 0.25) is 6.20 Å². The maximum absolute atomic E-state index is 6.73. The summed E-state index contributed by atoms with van der Waals surface area (Å²) in [6.45, 7) is 0. The average molecular weight is 519 g/mol. The molecule has 0 N–H and O–H groups in total. The quantitative estimate of drug-likeness (QED) is 0.236. The molecule has 0 aliphatic carbocycles. The number of para-hydroxylation sites is 1. The highest BCUT2D eigenvalue weighted by Crippen LogP contribution is 2.56. The Balaban J connectivity index is 1.46. The van der Waals surface area contributed by atoms with Crippen molar-refractivity contribution in [2.75, 3.05) is 0 Å². The van der Waals surface area contributed by atoms with Crippen molar-refractivity contribution in [2.45, 2.75) is 5.66 Å². The highest BCUT2D eigenvalue weighted by Gasteiger charge is 2.69. The molecule has 5 nitrogen and oxygen atoms in total. The second-order valence-corrected chi connectivity index (χ2v) is 12.9. The lowest BCUT2D eigenvalue weighted by atomic mass is 9.84. The summed E-state index contributed by atoms with van der Waals surface area (Å²) in [7, 11) is -0.748. The number of aromatic nitrogens is 4. The summed E-state index contributed by atoms with van der Waals surface area (Å²) in [5.41, 5.74) is 5.58. The topological polar surface area (TPSA) is 26.8 Å². The summed E-state index contributed by atoms with van der Waals surface area (Å²) in [6, 6.07) is 35.6. The van der Waals surface area contributed by atoms with E-state index in [2.05, 4.69) is 134 Å². The summed E-state index contributed by atoms with van der Waals surface area (Å²) in [4.78, 5) is 0. The molecule has 39 heavy (non-hydrogen) atoms. The van der Waals surface area contributed by atoms with E-state index in [1.807, 2.05) is 0 Å². The predicted octanol–water partition coefficient (Wildman–Crippen LogP) is 4.25. The standard InChI is InChI=1S/C33H19N4OP/c1-2-8-20(9-3-1)39-26-13-4-10-21-22-15-16-25-29-31(22)37(30(21)26)32-27(39)14-6-17-34(32)33(29)28-23(11-5-12-24(28)38-25)35-18-7-19-36(33)35/h1-19H/q+2. The van der Waals surface area contributed by atoms with Crippen LogP contribution in [0.2, 0.25) is 0 Å². The summed E-state index contributed by atoms with van der Waals surface area (Å²) in [6.07, 6.45) is 6.67. The summed E-state index contributed by atoms with van der Waals surface area (Å²) in [5, 5.41) is 6.78. The molecule has 0 radical (unpaired) electrons. The molecular weight excluding hydrogens is 499 g/mol. The summed E-state index contributed by atoms with van der Waals surface area (Å²) >= 11 is 0. The molecule has 2 unspecified atom stereocenters. The first-order chi connectivity index (χ1) is 19.4. The fourth-order valence-electron chi connectivity index (χ4n) is 7.84. The SMILES string of the molecule is c1ccc(P2c3ccc[n+]4c3-n3c5c2cccc5c2ccc5c(c23)C42c3c(cccc3-n3ccc[n+]32)O5)cc1. The lowest BCUT2D eigenvalue weighted by Crippen LogP contribution is -2.77. The fraction of sp³-hybridized carbons (Fsp3) is 0.0303. The molecule has 7 aromatic rings. The van der Waals surface area contributed by atoms with Crippen LogP contribution in [0.15, 0.2) is 116 Å². The lowest BCUT2D eigenvalue weighted by Gasteiger charge is -2.35. The van der Waals surface area contributed by atoms with Crippen molar-refractivity contribution in [2.24, 2.45) is 0 Å². The Hall–Kier alpha value is -4.73. The lowest BCUT2D eigenvalue weighted by molar-refractivity contribution is -0.993. The number of rotatable bonds is 1. The first-order valence-corrected chi connectivity index (χ1v) is 14.6. The zero-order valence-corrected chi connectivity index (χ0v) is 21.5. The third kappa shape index (κ3) is 1.86. The number of benzene rings is 4. The van der Waals surface area contributed by atoms with Gasteiger partial charge in [-0.25, -0.2) is 0 Å². The second kappa shape index (κ2) is 6.12. The molecule has 3 aromatic heterocycles. The second-order valence-electron chi connectivity index (χ2n) is 10.7. The van der Waals surface area contributed by atoms with Crippen molar-refractivity contribution in [1.82, 2.24) is 9.25 Å². The molecule has 180 valence electrons. The molecule has 11 rings (SSSR count). The zero-order chi connectivity index (χ0) is 25.0. The Morgan fingerprint density at radius 2 is 1.51 bits per heavy atom. The highest BCUT2D eigenvalue weighted by molar-refractivity contribution is 7.80.